The van der Waals surface area contributed by atoms with Crippen molar-refractivity contribution in [3.8, 4) is 5.75 Å². The zero-order valence-corrected chi connectivity index (χ0v) is 12.0. The van der Waals surface area contributed by atoms with Crippen molar-refractivity contribution in [2.24, 2.45) is 0 Å². The van der Waals surface area contributed by atoms with Crippen LogP contribution < -0.4 is 10.1 Å². The van der Waals surface area contributed by atoms with Crippen molar-refractivity contribution in [3.63, 3.8) is 0 Å². The number of aromatic nitrogens is 1. The van der Waals surface area contributed by atoms with Crippen molar-refractivity contribution in [2.45, 2.75) is 33.9 Å². The van der Waals surface area contributed by atoms with Crippen LogP contribution in [0.5, 0.6) is 5.75 Å². The average molecular weight is 278 g/mol. The van der Waals surface area contributed by atoms with E-state index in [4.69, 9.17) is 9.26 Å². The fourth-order valence-electron chi connectivity index (χ4n) is 1.97. The van der Waals surface area contributed by atoms with Crippen molar-refractivity contribution in [1.29, 1.82) is 0 Å². The Morgan fingerprint density at radius 2 is 2.15 bits per heavy atom. The molecule has 0 saturated heterocycles. The molecule has 1 N–H and O–H groups in total. The minimum absolute atomic E-state index is 0.251. The van der Waals surface area contributed by atoms with Crippen molar-refractivity contribution in [3.05, 3.63) is 46.6 Å². The second-order valence-corrected chi connectivity index (χ2v) is 4.60. The van der Waals surface area contributed by atoms with Crippen LogP contribution in [0.1, 0.15) is 29.5 Å². The zero-order chi connectivity index (χ0) is 14.5. The SMILES string of the molecule is CCNCc1cccc(F)c1OCc1c(C)noc1C. The largest absolute Gasteiger partial charge is 0.485 e. The molecule has 0 saturated carbocycles. The molecule has 0 aliphatic rings. The highest BCUT2D eigenvalue weighted by Gasteiger charge is 2.13. The van der Waals surface area contributed by atoms with E-state index in [9.17, 15) is 4.39 Å². The van der Waals surface area contributed by atoms with Gasteiger partial charge in [-0.15, -0.1) is 0 Å². The molecular weight excluding hydrogens is 259 g/mol. The molecule has 0 bridgehead atoms. The molecule has 0 fully saturated rings. The van der Waals surface area contributed by atoms with Crippen LogP contribution in [0, 0.1) is 19.7 Å². The van der Waals surface area contributed by atoms with E-state index in [0.717, 1.165) is 23.4 Å². The number of hydrogen-bond acceptors (Lipinski definition) is 4. The number of nitrogens with one attached hydrogen (secondary N) is 1. The molecule has 0 aliphatic carbocycles. The summed E-state index contributed by atoms with van der Waals surface area (Å²) in [7, 11) is 0. The molecule has 5 heteroatoms. The van der Waals surface area contributed by atoms with E-state index >= 15 is 0 Å². The van der Waals surface area contributed by atoms with Gasteiger partial charge in [-0.25, -0.2) is 4.39 Å². The summed E-state index contributed by atoms with van der Waals surface area (Å²) < 4.78 is 24.6. The molecule has 0 spiro atoms. The Morgan fingerprint density at radius 1 is 1.35 bits per heavy atom. The summed E-state index contributed by atoms with van der Waals surface area (Å²) in [5.74, 6) is 0.632. The van der Waals surface area contributed by atoms with Crippen molar-refractivity contribution >= 4 is 0 Å². The lowest BCUT2D eigenvalue weighted by atomic mass is 10.2. The summed E-state index contributed by atoms with van der Waals surface area (Å²) in [5, 5.41) is 7.03. The average Bonchev–Trinajstić information content (AvgIpc) is 2.75. The minimum atomic E-state index is -0.354. The number of nitrogens with zero attached hydrogens (tertiary/aromatic N) is 1. The number of aryl methyl sites for hydroxylation is 2. The van der Waals surface area contributed by atoms with E-state index in [2.05, 4.69) is 10.5 Å². The number of ether oxygens (including phenoxy) is 1. The van der Waals surface area contributed by atoms with E-state index < -0.39 is 0 Å². The number of halogens is 1. The Bertz CT molecular complexity index is 562. The highest BCUT2D eigenvalue weighted by atomic mass is 19.1. The van der Waals surface area contributed by atoms with Gasteiger partial charge in [0.2, 0.25) is 0 Å². The predicted octanol–water partition coefficient (Wildman–Crippen LogP) is 3.12. The smallest absolute Gasteiger partial charge is 0.165 e. The van der Waals surface area contributed by atoms with Crippen molar-refractivity contribution in [1.82, 2.24) is 10.5 Å². The monoisotopic (exact) mass is 278 g/mol. The van der Waals surface area contributed by atoms with Gasteiger partial charge in [-0.1, -0.05) is 24.2 Å². The molecule has 0 atom stereocenters. The Kier molecular flexibility index (Phi) is 4.74. The van der Waals surface area contributed by atoms with Crippen LogP contribution >= 0.6 is 0 Å². The summed E-state index contributed by atoms with van der Waals surface area (Å²) in [5.41, 5.74) is 2.44. The lowest BCUT2D eigenvalue weighted by Crippen LogP contribution is -2.13. The Morgan fingerprint density at radius 3 is 2.80 bits per heavy atom. The van der Waals surface area contributed by atoms with Crippen LogP contribution in [0.15, 0.2) is 22.7 Å². The summed E-state index contributed by atoms with van der Waals surface area (Å²) >= 11 is 0. The van der Waals surface area contributed by atoms with Gasteiger partial charge >= 0.3 is 0 Å². The molecule has 2 aromatic rings. The quantitative estimate of drug-likeness (QED) is 0.882. The normalized spacial score (nSPS) is 10.8. The molecule has 2 rings (SSSR count). The molecule has 0 aliphatic heterocycles. The van der Waals surface area contributed by atoms with Gasteiger partial charge in [-0.2, -0.15) is 0 Å². The third kappa shape index (κ3) is 3.17. The summed E-state index contributed by atoms with van der Waals surface area (Å²) in [6, 6.07) is 4.94. The van der Waals surface area contributed by atoms with Gasteiger partial charge in [0.15, 0.2) is 11.6 Å². The second kappa shape index (κ2) is 6.52. The topological polar surface area (TPSA) is 47.3 Å². The van der Waals surface area contributed by atoms with Crippen LogP contribution in [-0.4, -0.2) is 11.7 Å². The van der Waals surface area contributed by atoms with E-state index in [1.807, 2.05) is 26.8 Å². The third-order valence-electron chi connectivity index (χ3n) is 3.16. The molecule has 0 radical (unpaired) electrons. The van der Waals surface area contributed by atoms with E-state index in [-0.39, 0.29) is 18.2 Å². The van der Waals surface area contributed by atoms with Gasteiger partial charge in [0.1, 0.15) is 12.4 Å². The maximum absolute atomic E-state index is 13.9. The molecule has 0 amide bonds. The maximum atomic E-state index is 13.9. The van der Waals surface area contributed by atoms with Crippen LogP contribution in [0.4, 0.5) is 4.39 Å². The zero-order valence-electron chi connectivity index (χ0n) is 12.0. The van der Waals surface area contributed by atoms with Gasteiger partial charge in [-0.05, 0) is 26.5 Å². The standard InChI is InChI=1S/C15H19FN2O2/c1-4-17-8-12-6-5-7-14(16)15(12)19-9-13-10(2)18-20-11(13)3/h5-7,17H,4,8-9H2,1-3H3. The summed E-state index contributed by atoms with van der Waals surface area (Å²) in [4.78, 5) is 0. The fourth-order valence-corrected chi connectivity index (χ4v) is 1.97. The van der Waals surface area contributed by atoms with E-state index in [1.54, 1.807) is 6.07 Å². The first kappa shape index (κ1) is 14.5. The molecule has 0 unspecified atom stereocenters. The molecule has 20 heavy (non-hydrogen) atoms. The minimum Gasteiger partial charge on any atom is -0.485 e. The fraction of sp³-hybridized carbons (Fsp3) is 0.400. The van der Waals surface area contributed by atoms with Crippen LogP contribution in [-0.2, 0) is 13.2 Å². The molecule has 108 valence electrons. The summed E-state index contributed by atoms with van der Waals surface area (Å²) in [6.45, 7) is 7.31. The van der Waals surface area contributed by atoms with E-state index in [1.165, 1.54) is 6.07 Å². The first-order chi connectivity index (χ1) is 9.63. The van der Waals surface area contributed by atoms with Gasteiger partial charge in [0.05, 0.1) is 11.3 Å². The predicted molar refractivity (Wildman–Crippen MR) is 74.1 cm³/mol. The Hall–Kier alpha value is -1.88. The summed E-state index contributed by atoms with van der Waals surface area (Å²) in [6.07, 6.45) is 0. The van der Waals surface area contributed by atoms with Gasteiger partial charge in [0, 0.05) is 12.1 Å². The number of hydrogen-bond donors (Lipinski definition) is 1. The van der Waals surface area contributed by atoms with Crippen molar-refractivity contribution < 1.29 is 13.7 Å². The van der Waals surface area contributed by atoms with Crippen LogP contribution in [0.3, 0.4) is 0 Å². The molecule has 1 aromatic carbocycles. The number of benzene rings is 1. The highest BCUT2D eigenvalue weighted by molar-refractivity contribution is 5.35. The molecular formula is C15H19FN2O2. The van der Waals surface area contributed by atoms with Crippen LogP contribution in [0.2, 0.25) is 0 Å². The second-order valence-electron chi connectivity index (χ2n) is 4.60. The maximum Gasteiger partial charge on any atom is 0.165 e. The lowest BCUT2D eigenvalue weighted by Gasteiger charge is -2.12. The molecule has 1 heterocycles. The highest BCUT2D eigenvalue weighted by Crippen LogP contribution is 2.25. The Labute approximate surface area is 117 Å². The van der Waals surface area contributed by atoms with Crippen molar-refractivity contribution in [2.75, 3.05) is 6.54 Å². The van der Waals surface area contributed by atoms with Crippen LogP contribution in [0.25, 0.3) is 0 Å². The molecule has 1 aromatic heterocycles. The van der Waals surface area contributed by atoms with E-state index in [0.29, 0.717) is 12.3 Å². The first-order valence-corrected chi connectivity index (χ1v) is 6.66. The first-order valence-electron chi connectivity index (χ1n) is 6.66. The van der Waals surface area contributed by atoms with Gasteiger partial charge in [-0.3, -0.25) is 0 Å². The number of rotatable bonds is 6. The number of para-hydroxylation sites is 1. The Balaban J connectivity index is 2.16. The molecule has 4 nitrogen and oxygen atoms in total. The lowest BCUT2D eigenvalue weighted by molar-refractivity contribution is 0.282. The van der Waals surface area contributed by atoms with Gasteiger partial charge < -0.3 is 14.6 Å². The van der Waals surface area contributed by atoms with Gasteiger partial charge in [0.25, 0.3) is 0 Å². The third-order valence-corrected chi connectivity index (χ3v) is 3.16.